The Hall–Kier alpha value is -1.87. The van der Waals surface area contributed by atoms with Gasteiger partial charge >= 0.3 is 0 Å². The number of hydrogen-bond donors (Lipinski definition) is 1. The van der Waals surface area contributed by atoms with E-state index in [0.29, 0.717) is 17.0 Å². The highest BCUT2D eigenvalue weighted by atomic mass is 79.9. The SMILES string of the molecule is Cc1cc(Br)c2nc(C)c(C(=O)NCCN3C(=O)CSC3=O)n2c1. The second-order valence-corrected chi connectivity index (χ2v) is 7.24. The number of carbonyl (C=O) groups excluding carboxylic acids is 3. The molecular weight excluding hydrogens is 396 g/mol. The molecule has 7 nitrogen and oxygen atoms in total. The normalized spacial score (nSPS) is 14.7. The molecule has 0 saturated carbocycles. The van der Waals surface area contributed by atoms with E-state index in [9.17, 15) is 14.4 Å². The van der Waals surface area contributed by atoms with Gasteiger partial charge in [0.05, 0.1) is 15.9 Å². The van der Waals surface area contributed by atoms with E-state index >= 15 is 0 Å². The Morgan fingerprint density at radius 3 is 2.83 bits per heavy atom. The van der Waals surface area contributed by atoms with Crippen molar-refractivity contribution in [3.8, 4) is 0 Å². The predicted octanol–water partition coefficient (Wildman–Crippen LogP) is 2.14. The number of pyridine rings is 1. The Balaban J connectivity index is 1.76. The summed E-state index contributed by atoms with van der Waals surface area (Å²) in [5.41, 5.74) is 2.72. The number of fused-ring (bicyclic) bond motifs is 1. The summed E-state index contributed by atoms with van der Waals surface area (Å²) in [5, 5.41) is 2.49. The van der Waals surface area contributed by atoms with E-state index in [4.69, 9.17) is 0 Å². The first kappa shape index (κ1) is 17.0. The summed E-state index contributed by atoms with van der Waals surface area (Å²) in [6, 6.07) is 1.94. The summed E-state index contributed by atoms with van der Waals surface area (Å²) in [6.45, 7) is 4.09. The van der Waals surface area contributed by atoms with Crippen LogP contribution in [0.15, 0.2) is 16.7 Å². The lowest BCUT2D eigenvalue weighted by Gasteiger charge is -2.13. The van der Waals surface area contributed by atoms with E-state index in [0.717, 1.165) is 26.7 Å². The number of thioether (sulfide) groups is 1. The van der Waals surface area contributed by atoms with Gasteiger partial charge in [0.15, 0.2) is 5.65 Å². The number of rotatable bonds is 4. The number of carbonyl (C=O) groups is 3. The Morgan fingerprint density at radius 2 is 2.17 bits per heavy atom. The molecule has 0 unspecified atom stereocenters. The number of halogens is 1. The van der Waals surface area contributed by atoms with Crippen molar-refractivity contribution in [2.45, 2.75) is 13.8 Å². The number of aromatic nitrogens is 2. The minimum atomic E-state index is -0.288. The Labute approximate surface area is 150 Å². The van der Waals surface area contributed by atoms with Gasteiger partial charge in [-0.1, -0.05) is 11.8 Å². The first-order valence-electron chi connectivity index (χ1n) is 7.28. The summed E-state index contributed by atoms with van der Waals surface area (Å²) in [6.07, 6.45) is 1.85. The van der Waals surface area contributed by atoms with Gasteiger partial charge in [-0.2, -0.15) is 0 Å². The maximum Gasteiger partial charge on any atom is 0.288 e. The quantitative estimate of drug-likeness (QED) is 0.834. The highest BCUT2D eigenvalue weighted by molar-refractivity contribution is 9.10. The zero-order valence-electron chi connectivity index (χ0n) is 13.1. The van der Waals surface area contributed by atoms with Crippen LogP contribution in [0.5, 0.6) is 0 Å². The molecule has 3 rings (SSSR count). The lowest BCUT2D eigenvalue weighted by atomic mass is 10.3. The fraction of sp³-hybridized carbons (Fsp3) is 0.333. The van der Waals surface area contributed by atoms with Crippen LogP contribution >= 0.6 is 27.7 Å². The molecule has 0 spiro atoms. The zero-order valence-corrected chi connectivity index (χ0v) is 15.5. The molecule has 1 N–H and O–H groups in total. The first-order chi connectivity index (χ1) is 11.4. The molecule has 3 heterocycles. The molecule has 1 saturated heterocycles. The van der Waals surface area contributed by atoms with Gasteiger partial charge in [0, 0.05) is 19.3 Å². The largest absolute Gasteiger partial charge is 0.349 e. The second kappa shape index (κ2) is 6.56. The van der Waals surface area contributed by atoms with Crippen molar-refractivity contribution in [3.05, 3.63) is 33.7 Å². The van der Waals surface area contributed by atoms with E-state index in [-0.39, 0.29) is 35.9 Å². The fourth-order valence-electron chi connectivity index (χ4n) is 2.58. The Kier molecular flexibility index (Phi) is 4.64. The third-order valence-electron chi connectivity index (χ3n) is 3.66. The minimum Gasteiger partial charge on any atom is -0.349 e. The average Bonchev–Trinajstić information content (AvgIpc) is 3.00. The second-order valence-electron chi connectivity index (χ2n) is 5.46. The van der Waals surface area contributed by atoms with Crippen molar-refractivity contribution in [2.75, 3.05) is 18.8 Å². The van der Waals surface area contributed by atoms with E-state index in [2.05, 4.69) is 26.2 Å². The molecule has 9 heteroatoms. The van der Waals surface area contributed by atoms with Crippen LogP contribution in [-0.2, 0) is 4.79 Å². The van der Waals surface area contributed by atoms with Crippen LogP contribution in [0.1, 0.15) is 21.7 Å². The standard InChI is InChI=1S/C15H15BrN4O3S/c1-8-5-10(16)13-18-9(2)12(20(13)6-8)14(22)17-3-4-19-11(21)7-24-15(19)23/h5-6H,3-4,7H2,1-2H3,(H,17,22). The van der Waals surface area contributed by atoms with Crippen molar-refractivity contribution in [1.82, 2.24) is 19.6 Å². The first-order valence-corrected chi connectivity index (χ1v) is 9.06. The molecule has 1 fully saturated rings. The van der Waals surface area contributed by atoms with Gasteiger partial charge in [-0.3, -0.25) is 23.7 Å². The van der Waals surface area contributed by atoms with Gasteiger partial charge in [-0.25, -0.2) is 4.98 Å². The average molecular weight is 411 g/mol. The number of nitrogens with zero attached hydrogens (tertiary/aromatic N) is 3. The van der Waals surface area contributed by atoms with Crippen LogP contribution in [0.25, 0.3) is 5.65 Å². The highest BCUT2D eigenvalue weighted by Gasteiger charge is 2.29. The van der Waals surface area contributed by atoms with Gasteiger partial charge in [-0.15, -0.1) is 0 Å². The molecule has 24 heavy (non-hydrogen) atoms. The molecule has 1 aliphatic rings. The number of nitrogens with one attached hydrogen (secondary N) is 1. The third-order valence-corrected chi connectivity index (χ3v) is 5.10. The van der Waals surface area contributed by atoms with Crippen LogP contribution < -0.4 is 5.32 Å². The molecular formula is C15H15BrN4O3S. The van der Waals surface area contributed by atoms with Crippen LogP contribution in [0, 0.1) is 13.8 Å². The van der Waals surface area contributed by atoms with E-state index < -0.39 is 0 Å². The summed E-state index contributed by atoms with van der Waals surface area (Å²) in [7, 11) is 0. The summed E-state index contributed by atoms with van der Waals surface area (Å²) in [5.74, 6) is -0.332. The van der Waals surface area contributed by atoms with Crippen LogP contribution in [-0.4, -0.2) is 50.2 Å². The lowest BCUT2D eigenvalue weighted by Crippen LogP contribution is -2.37. The number of imide groups is 1. The van der Waals surface area contributed by atoms with Crippen LogP contribution in [0.4, 0.5) is 4.79 Å². The molecule has 0 radical (unpaired) electrons. The topological polar surface area (TPSA) is 83.8 Å². The van der Waals surface area contributed by atoms with E-state index in [1.165, 1.54) is 0 Å². The smallest absolute Gasteiger partial charge is 0.288 e. The summed E-state index contributed by atoms with van der Waals surface area (Å²) >= 11 is 4.44. The van der Waals surface area contributed by atoms with Crippen molar-refractivity contribution >= 4 is 50.4 Å². The number of imidazole rings is 1. The van der Waals surface area contributed by atoms with Crippen molar-refractivity contribution in [3.63, 3.8) is 0 Å². The summed E-state index contributed by atoms with van der Waals surface area (Å²) in [4.78, 5) is 41.2. The third kappa shape index (κ3) is 3.05. The Bertz CT molecular complexity index is 848. The monoisotopic (exact) mass is 410 g/mol. The molecule has 0 aliphatic carbocycles. The lowest BCUT2D eigenvalue weighted by molar-refractivity contribution is -0.124. The molecule has 0 atom stereocenters. The van der Waals surface area contributed by atoms with Crippen molar-refractivity contribution < 1.29 is 14.4 Å². The van der Waals surface area contributed by atoms with Gasteiger partial charge in [0.1, 0.15) is 5.69 Å². The number of hydrogen-bond acceptors (Lipinski definition) is 5. The zero-order chi connectivity index (χ0) is 17.4. The predicted molar refractivity (Wildman–Crippen MR) is 94.3 cm³/mol. The van der Waals surface area contributed by atoms with Crippen LogP contribution in [0.2, 0.25) is 0 Å². The van der Waals surface area contributed by atoms with E-state index in [1.807, 2.05) is 19.2 Å². The minimum absolute atomic E-state index is 0.173. The molecule has 3 amide bonds. The molecule has 2 aromatic heterocycles. The summed E-state index contributed by atoms with van der Waals surface area (Å²) < 4.78 is 2.56. The molecule has 2 aromatic rings. The van der Waals surface area contributed by atoms with Crippen molar-refractivity contribution in [2.24, 2.45) is 0 Å². The van der Waals surface area contributed by atoms with Crippen molar-refractivity contribution in [1.29, 1.82) is 0 Å². The number of amides is 3. The maximum atomic E-state index is 12.5. The van der Waals surface area contributed by atoms with Crippen LogP contribution in [0.3, 0.4) is 0 Å². The highest BCUT2D eigenvalue weighted by Crippen LogP contribution is 2.22. The molecule has 1 aliphatic heterocycles. The molecule has 0 aromatic carbocycles. The van der Waals surface area contributed by atoms with Gasteiger partial charge in [-0.05, 0) is 41.4 Å². The Morgan fingerprint density at radius 1 is 1.42 bits per heavy atom. The molecule has 0 bridgehead atoms. The van der Waals surface area contributed by atoms with E-state index in [1.54, 1.807) is 11.3 Å². The van der Waals surface area contributed by atoms with Gasteiger partial charge in [0.25, 0.3) is 11.1 Å². The molecule has 126 valence electrons. The number of aryl methyl sites for hydroxylation is 2. The van der Waals surface area contributed by atoms with Gasteiger partial charge < -0.3 is 5.32 Å². The van der Waals surface area contributed by atoms with Gasteiger partial charge in [0.2, 0.25) is 5.91 Å². The fourth-order valence-corrected chi connectivity index (χ4v) is 3.97. The maximum absolute atomic E-state index is 12.5.